The highest BCUT2D eigenvalue weighted by atomic mass is 32.2. The van der Waals surface area contributed by atoms with Crippen LogP contribution < -0.4 is 0 Å². The molecule has 1 aromatic carbocycles. The smallest absolute Gasteiger partial charge is 0.335 e. The standard InChI is InChI=1S/C20H27NO5S/c1-27(25,26)16-8-6-15(7-9-16)19(22)21-12-10-14(11-13-21)17-4-2-3-5-18(17)20(23)24/h2-5,14-16H,6-13H2,1H3,(H,23,24). The quantitative estimate of drug-likeness (QED) is 0.849. The zero-order valence-electron chi connectivity index (χ0n) is 15.6. The van der Waals surface area contributed by atoms with E-state index in [4.69, 9.17) is 0 Å². The van der Waals surface area contributed by atoms with Crippen LogP contribution in [0.3, 0.4) is 0 Å². The van der Waals surface area contributed by atoms with Gasteiger partial charge in [0.15, 0.2) is 0 Å². The molecular weight excluding hydrogens is 366 g/mol. The molecule has 0 spiro atoms. The number of sulfone groups is 1. The Kier molecular flexibility index (Phi) is 5.89. The summed E-state index contributed by atoms with van der Waals surface area (Å²) in [6, 6.07) is 7.10. The molecule has 1 heterocycles. The van der Waals surface area contributed by atoms with E-state index in [0.29, 0.717) is 44.3 Å². The fraction of sp³-hybridized carbons (Fsp3) is 0.600. The van der Waals surface area contributed by atoms with E-state index in [2.05, 4.69) is 0 Å². The molecule has 1 aliphatic heterocycles. The van der Waals surface area contributed by atoms with Gasteiger partial charge in [0.1, 0.15) is 9.84 Å². The molecule has 0 unspecified atom stereocenters. The fourth-order valence-corrected chi connectivity index (χ4v) is 5.58. The second-order valence-corrected chi connectivity index (χ2v) is 10.1. The van der Waals surface area contributed by atoms with E-state index in [-0.39, 0.29) is 23.0 Å². The summed E-state index contributed by atoms with van der Waals surface area (Å²) in [5.74, 6) is -0.702. The van der Waals surface area contributed by atoms with Gasteiger partial charge in [0.05, 0.1) is 10.8 Å². The molecule has 1 amide bonds. The predicted molar refractivity (Wildman–Crippen MR) is 103 cm³/mol. The van der Waals surface area contributed by atoms with E-state index in [0.717, 1.165) is 18.4 Å². The number of hydrogen-bond donors (Lipinski definition) is 1. The van der Waals surface area contributed by atoms with Gasteiger partial charge < -0.3 is 10.0 Å². The lowest BCUT2D eigenvalue weighted by Gasteiger charge is -2.36. The van der Waals surface area contributed by atoms with Crippen LogP contribution in [0.1, 0.15) is 60.4 Å². The minimum absolute atomic E-state index is 0.0779. The average molecular weight is 394 g/mol. The molecule has 0 aromatic heterocycles. The summed E-state index contributed by atoms with van der Waals surface area (Å²) in [6.07, 6.45) is 5.20. The number of piperidine rings is 1. The van der Waals surface area contributed by atoms with Crippen molar-refractivity contribution >= 4 is 21.7 Å². The number of carbonyl (C=O) groups excluding carboxylic acids is 1. The highest BCUT2D eigenvalue weighted by Crippen LogP contribution is 2.33. The molecule has 148 valence electrons. The number of likely N-dealkylation sites (tertiary alicyclic amines) is 1. The SMILES string of the molecule is CS(=O)(=O)C1CCC(C(=O)N2CCC(c3ccccc3C(=O)O)CC2)CC1. The molecule has 3 rings (SSSR count). The molecule has 1 saturated carbocycles. The maximum atomic E-state index is 12.8. The first-order valence-electron chi connectivity index (χ1n) is 9.57. The van der Waals surface area contributed by atoms with Gasteiger partial charge in [-0.15, -0.1) is 0 Å². The van der Waals surface area contributed by atoms with Gasteiger partial charge in [-0.25, -0.2) is 13.2 Å². The molecule has 0 atom stereocenters. The van der Waals surface area contributed by atoms with Crippen LogP contribution >= 0.6 is 0 Å². The van der Waals surface area contributed by atoms with Crippen molar-refractivity contribution in [2.45, 2.75) is 49.7 Å². The molecule has 2 aliphatic rings. The van der Waals surface area contributed by atoms with Crippen molar-refractivity contribution in [2.24, 2.45) is 5.92 Å². The number of aromatic carboxylic acids is 1. The fourth-order valence-electron chi connectivity index (χ4n) is 4.45. The Morgan fingerprint density at radius 3 is 2.15 bits per heavy atom. The van der Waals surface area contributed by atoms with E-state index in [9.17, 15) is 23.1 Å². The number of carbonyl (C=O) groups is 2. The number of hydrogen-bond acceptors (Lipinski definition) is 4. The van der Waals surface area contributed by atoms with Gasteiger partial charge >= 0.3 is 5.97 Å². The summed E-state index contributed by atoms with van der Waals surface area (Å²) in [5, 5.41) is 9.07. The van der Waals surface area contributed by atoms with Crippen LogP contribution in [0, 0.1) is 5.92 Å². The number of amides is 1. The number of rotatable bonds is 4. The molecule has 0 radical (unpaired) electrons. The summed E-state index contributed by atoms with van der Waals surface area (Å²) in [6.45, 7) is 1.26. The zero-order valence-corrected chi connectivity index (χ0v) is 16.5. The lowest BCUT2D eigenvalue weighted by Crippen LogP contribution is -2.43. The van der Waals surface area contributed by atoms with Crippen LogP contribution in [0.4, 0.5) is 0 Å². The van der Waals surface area contributed by atoms with Gasteiger partial charge in [0.2, 0.25) is 5.91 Å². The first-order valence-corrected chi connectivity index (χ1v) is 11.5. The van der Waals surface area contributed by atoms with Crippen LogP contribution in [0.5, 0.6) is 0 Å². The van der Waals surface area contributed by atoms with E-state index in [1.165, 1.54) is 6.26 Å². The highest BCUT2D eigenvalue weighted by Gasteiger charge is 2.34. The largest absolute Gasteiger partial charge is 0.478 e. The highest BCUT2D eigenvalue weighted by molar-refractivity contribution is 7.91. The van der Waals surface area contributed by atoms with Crippen LogP contribution in [0.15, 0.2) is 24.3 Å². The van der Waals surface area contributed by atoms with Gasteiger partial charge in [-0.1, -0.05) is 18.2 Å². The van der Waals surface area contributed by atoms with Crippen LogP contribution in [0.2, 0.25) is 0 Å². The van der Waals surface area contributed by atoms with Gasteiger partial charge in [-0.05, 0) is 56.1 Å². The Morgan fingerprint density at radius 1 is 1.00 bits per heavy atom. The van der Waals surface area contributed by atoms with Crippen molar-refractivity contribution in [3.8, 4) is 0 Å². The van der Waals surface area contributed by atoms with Crippen molar-refractivity contribution in [3.05, 3.63) is 35.4 Å². The molecule has 2 fully saturated rings. The van der Waals surface area contributed by atoms with Crippen molar-refractivity contribution in [3.63, 3.8) is 0 Å². The van der Waals surface area contributed by atoms with Gasteiger partial charge in [-0.2, -0.15) is 0 Å². The third-order valence-corrected chi connectivity index (χ3v) is 7.75. The minimum atomic E-state index is -3.02. The van der Waals surface area contributed by atoms with E-state index in [1.807, 2.05) is 17.0 Å². The summed E-state index contributed by atoms with van der Waals surface area (Å²) in [5.41, 5.74) is 1.20. The normalized spacial score (nSPS) is 24.6. The van der Waals surface area contributed by atoms with Gasteiger partial charge in [0, 0.05) is 25.3 Å². The Balaban J connectivity index is 1.57. The Labute approximate surface area is 160 Å². The third-order valence-electron chi connectivity index (χ3n) is 6.07. The summed E-state index contributed by atoms with van der Waals surface area (Å²) in [7, 11) is -3.02. The Hall–Kier alpha value is -1.89. The van der Waals surface area contributed by atoms with Crippen molar-refractivity contribution in [2.75, 3.05) is 19.3 Å². The first kappa shape index (κ1) is 19.9. The zero-order chi connectivity index (χ0) is 19.6. The van der Waals surface area contributed by atoms with E-state index < -0.39 is 15.8 Å². The molecule has 1 N–H and O–H groups in total. The van der Waals surface area contributed by atoms with Crippen molar-refractivity contribution < 1.29 is 23.1 Å². The lowest BCUT2D eigenvalue weighted by atomic mass is 9.84. The molecule has 1 aliphatic carbocycles. The summed E-state index contributed by atoms with van der Waals surface area (Å²) < 4.78 is 23.3. The number of benzene rings is 1. The van der Waals surface area contributed by atoms with Crippen LogP contribution in [-0.2, 0) is 14.6 Å². The lowest BCUT2D eigenvalue weighted by molar-refractivity contribution is -0.137. The van der Waals surface area contributed by atoms with E-state index >= 15 is 0 Å². The molecule has 1 saturated heterocycles. The maximum absolute atomic E-state index is 12.8. The second-order valence-electron chi connectivity index (χ2n) is 7.80. The maximum Gasteiger partial charge on any atom is 0.335 e. The van der Waals surface area contributed by atoms with E-state index in [1.54, 1.807) is 12.1 Å². The summed E-state index contributed by atoms with van der Waals surface area (Å²) >= 11 is 0. The summed E-state index contributed by atoms with van der Waals surface area (Å²) in [4.78, 5) is 26.1. The monoisotopic (exact) mass is 393 g/mol. The van der Waals surface area contributed by atoms with Crippen LogP contribution in [-0.4, -0.2) is 54.9 Å². The van der Waals surface area contributed by atoms with Crippen LogP contribution in [0.25, 0.3) is 0 Å². The first-order chi connectivity index (χ1) is 12.8. The second kappa shape index (κ2) is 8.00. The molecule has 0 bridgehead atoms. The molecular formula is C20H27NO5S. The molecule has 27 heavy (non-hydrogen) atoms. The predicted octanol–water partition coefficient (Wildman–Crippen LogP) is 2.69. The number of carboxylic acids is 1. The topological polar surface area (TPSA) is 91.8 Å². The van der Waals surface area contributed by atoms with Gasteiger partial charge in [-0.3, -0.25) is 4.79 Å². The Bertz CT molecular complexity index is 803. The number of nitrogens with zero attached hydrogens (tertiary/aromatic N) is 1. The minimum Gasteiger partial charge on any atom is -0.478 e. The molecule has 1 aromatic rings. The van der Waals surface area contributed by atoms with Gasteiger partial charge in [0.25, 0.3) is 0 Å². The number of carboxylic acid groups (broad SMARTS) is 1. The van der Waals surface area contributed by atoms with Crippen molar-refractivity contribution in [1.29, 1.82) is 0 Å². The third kappa shape index (κ3) is 4.51. The van der Waals surface area contributed by atoms with Crippen molar-refractivity contribution in [1.82, 2.24) is 4.90 Å². The Morgan fingerprint density at radius 2 is 1.59 bits per heavy atom. The molecule has 7 heteroatoms. The average Bonchev–Trinajstić information content (AvgIpc) is 2.67. The molecule has 6 nitrogen and oxygen atoms in total.